The standard InChI is InChI=1S/C16H13ClN2O2/c17-14-9-2-1-8-13(14)16(21)19-15-10-5-7-12(18-15)6-3-4-11-20/h1-2,5,7-10,20H,4,11H2,(H,18,19,21). The minimum Gasteiger partial charge on any atom is -0.395 e. The Morgan fingerprint density at radius 2 is 2.05 bits per heavy atom. The van der Waals surface area contributed by atoms with E-state index in [9.17, 15) is 4.79 Å². The molecule has 4 nitrogen and oxygen atoms in total. The number of pyridine rings is 1. The number of nitrogens with one attached hydrogen (secondary N) is 1. The minimum absolute atomic E-state index is 0.00985. The molecule has 0 fully saturated rings. The molecule has 0 saturated carbocycles. The van der Waals surface area contributed by atoms with Crippen LogP contribution in [-0.4, -0.2) is 22.6 Å². The molecule has 5 heteroatoms. The maximum Gasteiger partial charge on any atom is 0.258 e. The van der Waals surface area contributed by atoms with E-state index in [1.807, 2.05) is 0 Å². The third-order valence-electron chi connectivity index (χ3n) is 2.56. The van der Waals surface area contributed by atoms with Gasteiger partial charge in [0.1, 0.15) is 11.5 Å². The van der Waals surface area contributed by atoms with Crippen LogP contribution in [0.25, 0.3) is 0 Å². The van der Waals surface area contributed by atoms with Crippen molar-refractivity contribution in [1.82, 2.24) is 4.98 Å². The molecule has 0 bridgehead atoms. The van der Waals surface area contributed by atoms with Crippen molar-refractivity contribution >= 4 is 23.3 Å². The van der Waals surface area contributed by atoms with Crippen molar-refractivity contribution in [3.8, 4) is 11.8 Å². The number of benzene rings is 1. The van der Waals surface area contributed by atoms with E-state index in [-0.39, 0.29) is 12.5 Å². The van der Waals surface area contributed by atoms with E-state index in [0.29, 0.717) is 28.5 Å². The summed E-state index contributed by atoms with van der Waals surface area (Å²) in [4.78, 5) is 16.3. The van der Waals surface area contributed by atoms with Gasteiger partial charge >= 0.3 is 0 Å². The lowest BCUT2D eigenvalue weighted by Gasteiger charge is -2.06. The summed E-state index contributed by atoms with van der Waals surface area (Å²) in [6.07, 6.45) is 0.387. The SMILES string of the molecule is O=C(Nc1cccc(C#CCCO)n1)c1ccccc1Cl. The molecule has 1 aromatic carbocycles. The van der Waals surface area contributed by atoms with Crippen LogP contribution >= 0.6 is 11.6 Å². The molecule has 106 valence electrons. The molecule has 0 aliphatic carbocycles. The van der Waals surface area contributed by atoms with E-state index in [1.54, 1.807) is 42.5 Å². The number of hydrogen-bond acceptors (Lipinski definition) is 3. The Labute approximate surface area is 127 Å². The van der Waals surface area contributed by atoms with Crippen molar-refractivity contribution in [2.75, 3.05) is 11.9 Å². The van der Waals surface area contributed by atoms with E-state index in [2.05, 4.69) is 22.1 Å². The molecule has 0 radical (unpaired) electrons. The van der Waals surface area contributed by atoms with Gasteiger partial charge in [0, 0.05) is 6.42 Å². The quantitative estimate of drug-likeness (QED) is 0.857. The maximum absolute atomic E-state index is 12.1. The Kier molecular flexibility index (Phi) is 5.33. The summed E-state index contributed by atoms with van der Waals surface area (Å²) in [5.41, 5.74) is 0.915. The summed E-state index contributed by atoms with van der Waals surface area (Å²) >= 11 is 5.97. The molecule has 0 saturated heterocycles. The van der Waals surface area contributed by atoms with Crippen LogP contribution in [0.4, 0.5) is 5.82 Å². The van der Waals surface area contributed by atoms with Crippen molar-refractivity contribution in [1.29, 1.82) is 0 Å². The molecular formula is C16H13ClN2O2. The molecule has 0 spiro atoms. The van der Waals surface area contributed by atoms with Crippen LogP contribution in [-0.2, 0) is 0 Å². The van der Waals surface area contributed by atoms with Crippen LogP contribution in [0.2, 0.25) is 5.02 Å². The fourth-order valence-corrected chi connectivity index (χ4v) is 1.83. The first-order valence-corrected chi connectivity index (χ1v) is 6.71. The van der Waals surface area contributed by atoms with Crippen molar-refractivity contribution in [2.45, 2.75) is 6.42 Å². The molecule has 2 N–H and O–H groups in total. The highest BCUT2D eigenvalue weighted by atomic mass is 35.5. The zero-order valence-electron chi connectivity index (χ0n) is 11.1. The molecule has 1 amide bonds. The van der Waals surface area contributed by atoms with E-state index >= 15 is 0 Å². The number of aliphatic hydroxyl groups is 1. The predicted octanol–water partition coefficient (Wildman–Crippen LogP) is 2.72. The number of carbonyl (C=O) groups is 1. The Morgan fingerprint density at radius 1 is 1.24 bits per heavy atom. The number of rotatable bonds is 3. The molecule has 1 aromatic heterocycles. The number of carbonyl (C=O) groups excluding carboxylic acids is 1. The fourth-order valence-electron chi connectivity index (χ4n) is 1.61. The van der Waals surface area contributed by atoms with E-state index in [0.717, 1.165) is 0 Å². The first-order valence-electron chi connectivity index (χ1n) is 6.33. The van der Waals surface area contributed by atoms with Crippen LogP contribution < -0.4 is 5.32 Å². The van der Waals surface area contributed by atoms with Gasteiger partial charge < -0.3 is 10.4 Å². The number of halogens is 1. The summed E-state index contributed by atoms with van der Waals surface area (Å²) in [6.45, 7) is 0.00985. The van der Waals surface area contributed by atoms with Crippen LogP contribution in [0, 0.1) is 11.8 Å². The van der Waals surface area contributed by atoms with Gasteiger partial charge in [-0.05, 0) is 30.2 Å². The summed E-state index contributed by atoms with van der Waals surface area (Å²) in [6, 6.07) is 11.9. The molecule has 21 heavy (non-hydrogen) atoms. The lowest BCUT2D eigenvalue weighted by molar-refractivity contribution is 0.102. The van der Waals surface area contributed by atoms with Gasteiger partial charge in [-0.15, -0.1) is 0 Å². The Balaban J connectivity index is 2.14. The zero-order chi connectivity index (χ0) is 15.1. The van der Waals surface area contributed by atoms with Gasteiger partial charge in [-0.2, -0.15) is 0 Å². The average Bonchev–Trinajstić information content (AvgIpc) is 2.48. The fraction of sp³-hybridized carbons (Fsp3) is 0.125. The summed E-state index contributed by atoms with van der Waals surface area (Å²) in [5.74, 6) is 5.66. The molecule has 0 aliphatic heterocycles. The number of hydrogen-bond donors (Lipinski definition) is 2. The third-order valence-corrected chi connectivity index (χ3v) is 2.89. The Bertz CT molecular complexity index is 705. The number of aromatic nitrogens is 1. The third kappa shape index (κ3) is 4.32. The lowest BCUT2D eigenvalue weighted by Crippen LogP contribution is -2.13. The second-order valence-corrected chi connectivity index (χ2v) is 4.52. The van der Waals surface area contributed by atoms with E-state index in [4.69, 9.17) is 16.7 Å². The van der Waals surface area contributed by atoms with Crippen molar-refractivity contribution in [3.63, 3.8) is 0 Å². The largest absolute Gasteiger partial charge is 0.395 e. The van der Waals surface area contributed by atoms with Gasteiger partial charge in [-0.3, -0.25) is 4.79 Å². The second-order valence-electron chi connectivity index (χ2n) is 4.12. The minimum atomic E-state index is -0.325. The first-order chi connectivity index (χ1) is 10.2. The smallest absolute Gasteiger partial charge is 0.258 e. The number of amides is 1. The van der Waals surface area contributed by atoms with Gasteiger partial charge in [-0.1, -0.05) is 35.7 Å². The van der Waals surface area contributed by atoms with E-state index < -0.39 is 0 Å². The van der Waals surface area contributed by atoms with Gasteiger partial charge in [0.25, 0.3) is 5.91 Å². The topological polar surface area (TPSA) is 62.2 Å². The normalized spacial score (nSPS) is 9.62. The van der Waals surface area contributed by atoms with Crippen LogP contribution in [0.15, 0.2) is 42.5 Å². The zero-order valence-corrected chi connectivity index (χ0v) is 11.9. The molecule has 0 atom stereocenters. The van der Waals surface area contributed by atoms with Crippen molar-refractivity contribution in [2.24, 2.45) is 0 Å². The lowest BCUT2D eigenvalue weighted by atomic mass is 10.2. The van der Waals surface area contributed by atoms with Gasteiger partial charge in [0.05, 0.1) is 17.2 Å². The average molecular weight is 301 g/mol. The highest BCUT2D eigenvalue weighted by Gasteiger charge is 2.10. The van der Waals surface area contributed by atoms with Crippen LogP contribution in [0.5, 0.6) is 0 Å². The molecule has 2 rings (SSSR count). The summed E-state index contributed by atoms with van der Waals surface area (Å²) in [7, 11) is 0. The van der Waals surface area contributed by atoms with Crippen molar-refractivity contribution in [3.05, 3.63) is 58.7 Å². The Hall–Kier alpha value is -2.35. The molecular weight excluding hydrogens is 288 g/mol. The number of aliphatic hydroxyl groups excluding tert-OH is 1. The number of anilines is 1. The number of nitrogens with zero attached hydrogens (tertiary/aromatic N) is 1. The van der Waals surface area contributed by atoms with Crippen LogP contribution in [0.1, 0.15) is 22.5 Å². The molecule has 2 aromatic rings. The molecule has 0 unspecified atom stereocenters. The Morgan fingerprint density at radius 3 is 2.81 bits per heavy atom. The van der Waals surface area contributed by atoms with Gasteiger partial charge in [0.15, 0.2) is 0 Å². The summed E-state index contributed by atoms with van der Waals surface area (Å²) in [5, 5.41) is 11.7. The summed E-state index contributed by atoms with van der Waals surface area (Å²) < 4.78 is 0. The van der Waals surface area contributed by atoms with Crippen LogP contribution in [0.3, 0.4) is 0 Å². The second kappa shape index (κ2) is 7.44. The highest BCUT2D eigenvalue weighted by Crippen LogP contribution is 2.16. The van der Waals surface area contributed by atoms with Gasteiger partial charge in [-0.25, -0.2) is 4.98 Å². The van der Waals surface area contributed by atoms with E-state index in [1.165, 1.54) is 0 Å². The van der Waals surface area contributed by atoms with Crippen molar-refractivity contribution < 1.29 is 9.90 Å². The van der Waals surface area contributed by atoms with Gasteiger partial charge in [0.2, 0.25) is 0 Å². The highest BCUT2D eigenvalue weighted by molar-refractivity contribution is 6.34. The monoisotopic (exact) mass is 300 g/mol. The first kappa shape index (κ1) is 15.0. The predicted molar refractivity (Wildman–Crippen MR) is 82.2 cm³/mol. The maximum atomic E-state index is 12.1. The molecule has 0 aliphatic rings. The molecule has 1 heterocycles.